The first-order valence-corrected chi connectivity index (χ1v) is 7.77. The Kier molecular flexibility index (Phi) is 5.65. The minimum Gasteiger partial charge on any atom is -0.496 e. The monoisotopic (exact) mass is 368 g/mol. The number of methoxy groups -OCH3 is 1. The summed E-state index contributed by atoms with van der Waals surface area (Å²) in [6, 6.07) is 12.0. The third kappa shape index (κ3) is 3.98. The Morgan fingerprint density at radius 2 is 2.05 bits per heavy atom. The van der Waals surface area contributed by atoms with E-state index in [4.69, 9.17) is 22.2 Å². The molecule has 3 N–H and O–H groups in total. The van der Waals surface area contributed by atoms with Crippen LogP contribution >= 0.6 is 27.5 Å². The predicted molar refractivity (Wildman–Crippen MR) is 90.7 cm³/mol. The Bertz CT molecular complexity index is 634. The second-order valence-electron chi connectivity index (χ2n) is 4.90. The van der Waals surface area contributed by atoms with Gasteiger partial charge < -0.3 is 4.74 Å². The molecule has 2 rings (SSSR count). The molecule has 112 valence electrons. The Morgan fingerprint density at radius 3 is 2.62 bits per heavy atom. The molecular formula is C16H18BrClN2O. The number of hydrazine groups is 1. The van der Waals surface area contributed by atoms with Gasteiger partial charge in [-0.1, -0.05) is 29.8 Å². The summed E-state index contributed by atoms with van der Waals surface area (Å²) < 4.78 is 6.17. The Labute approximate surface area is 138 Å². The lowest BCUT2D eigenvalue weighted by atomic mass is 9.98. The van der Waals surface area contributed by atoms with Gasteiger partial charge in [0.2, 0.25) is 0 Å². The average Bonchev–Trinajstić information content (AvgIpc) is 2.48. The number of halogens is 2. The molecule has 1 unspecified atom stereocenters. The van der Waals surface area contributed by atoms with Gasteiger partial charge in [0.05, 0.1) is 17.6 Å². The molecule has 0 amide bonds. The zero-order chi connectivity index (χ0) is 15.4. The predicted octanol–water partition coefficient (Wildman–Crippen LogP) is 4.17. The number of hydrogen-bond acceptors (Lipinski definition) is 3. The van der Waals surface area contributed by atoms with Crippen LogP contribution in [0.3, 0.4) is 0 Å². The van der Waals surface area contributed by atoms with E-state index in [2.05, 4.69) is 21.4 Å². The molecule has 3 nitrogen and oxygen atoms in total. The highest BCUT2D eigenvalue weighted by atomic mass is 79.9. The summed E-state index contributed by atoms with van der Waals surface area (Å²) in [6.45, 7) is 1.98. The van der Waals surface area contributed by atoms with Crippen LogP contribution in [0.1, 0.15) is 22.7 Å². The van der Waals surface area contributed by atoms with Crippen molar-refractivity contribution in [2.75, 3.05) is 7.11 Å². The summed E-state index contributed by atoms with van der Waals surface area (Å²) in [5.74, 6) is 6.52. The SMILES string of the molecule is COc1ccc(CC(NN)c2ccc(C)c(Cl)c2)cc1Br. The van der Waals surface area contributed by atoms with Crippen molar-refractivity contribution >= 4 is 27.5 Å². The van der Waals surface area contributed by atoms with Crippen LogP contribution in [0, 0.1) is 6.92 Å². The second-order valence-corrected chi connectivity index (χ2v) is 6.16. The minimum absolute atomic E-state index is 0.00314. The molecule has 0 saturated heterocycles. The molecule has 0 bridgehead atoms. The van der Waals surface area contributed by atoms with E-state index in [9.17, 15) is 0 Å². The van der Waals surface area contributed by atoms with E-state index in [1.165, 1.54) is 0 Å². The van der Waals surface area contributed by atoms with E-state index in [-0.39, 0.29) is 6.04 Å². The van der Waals surface area contributed by atoms with E-state index in [1.807, 2.05) is 43.3 Å². The number of rotatable bonds is 5. The standard InChI is InChI=1S/C16H18BrClN2O/c1-10-3-5-12(9-14(10)18)15(20-19)8-11-4-6-16(21-2)13(17)7-11/h3-7,9,15,20H,8,19H2,1-2H3. The maximum absolute atomic E-state index is 6.19. The van der Waals surface area contributed by atoms with Crippen LogP contribution in [-0.2, 0) is 6.42 Å². The highest BCUT2D eigenvalue weighted by Crippen LogP contribution is 2.28. The first-order chi connectivity index (χ1) is 10.0. The minimum atomic E-state index is 0.00314. The van der Waals surface area contributed by atoms with E-state index in [0.29, 0.717) is 0 Å². The largest absolute Gasteiger partial charge is 0.496 e. The van der Waals surface area contributed by atoms with Gasteiger partial charge in [-0.15, -0.1) is 0 Å². The topological polar surface area (TPSA) is 47.3 Å². The molecule has 21 heavy (non-hydrogen) atoms. The maximum Gasteiger partial charge on any atom is 0.133 e. The Balaban J connectivity index is 2.22. The van der Waals surface area contributed by atoms with Gasteiger partial charge in [-0.2, -0.15) is 0 Å². The van der Waals surface area contributed by atoms with Crippen molar-refractivity contribution < 1.29 is 4.74 Å². The van der Waals surface area contributed by atoms with Crippen molar-refractivity contribution in [1.29, 1.82) is 0 Å². The van der Waals surface area contributed by atoms with Gasteiger partial charge >= 0.3 is 0 Å². The number of aryl methyl sites for hydroxylation is 1. The number of ether oxygens (including phenoxy) is 1. The summed E-state index contributed by atoms with van der Waals surface area (Å²) in [4.78, 5) is 0. The molecule has 0 aliphatic rings. The summed E-state index contributed by atoms with van der Waals surface area (Å²) in [5, 5.41) is 0.753. The van der Waals surface area contributed by atoms with Crippen molar-refractivity contribution in [3.63, 3.8) is 0 Å². The average molecular weight is 370 g/mol. The van der Waals surface area contributed by atoms with Gasteiger partial charge in [-0.3, -0.25) is 11.3 Å². The quantitative estimate of drug-likeness (QED) is 0.614. The lowest BCUT2D eigenvalue weighted by molar-refractivity contribution is 0.412. The van der Waals surface area contributed by atoms with E-state index < -0.39 is 0 Å². The zero-order valence-electron chi connectivity index (χ0n) is 12.0. The molecule has 0 radical (unpaired) electrons. The van der Waals surface area contributed by atoms with E-state index >= 15 is 0 Å². The molecule has 0 heterocycles. The highest BCUT2D eigenvalue weighted by molar-refractivity contribution is 9.10. The molecule has 1 atom stereocenters. The molecule has 0 aliphatic carbocycles. The molecule has 2 aromatic rings. The third-order valence-corrected chi connectivity index (χ3v) is 4.48. The van der Waals surface area contributed by atoms with Crippen LogP contribution in [0.5, 0.6) is 5.75 Å². The van der Waals surface area contributed by atoms with Crippen LogP contribution < -0.4 is 16.0 Å². The fourth-order valence-electron chi connectivity index (χ4n) is 2.17. The number of nitrogens with one attached hydrogen (secondary N) is 1. The first kappa shape index (κ1) is 16.3. The number of benzene rings is 2. The first-order valence-electron chi connectivity index (χ1n) is 6.59. The van der Waals surface area contributed by atoms with E-state index in [0.717, 1.165) is 38.4 Å². The maximum atomic E-state index is 6.19. The number of hydrogen-bond donors (Lipinski definition) is 2. The van der Waals surface area contributed by atoms with Crippen molar-refractivity contribution in [3.8, 4) is 5.75 Å². The second kappa shape index (κ2) is 7.27. The van der Waals surface area contributed by atoms with Crippen LogP contribution in [0.25, 0.3) is 0 Å². The Hall–Kier alpha value is -1.07. The third-order valence-electron chi connectivity index (χ3n) is 3.46. The van der Waals surface area contributed by atoms with Crippen molar-refractivity contribution in [1.82, 2.24) is 5.43 Å². The van der Waals surface area contributed by atoms with E-state index in [1.54, 1.807) is 7.11 Å². The fraction of sp³-hybridized carbons (Fsp3) is 0.250. The lowest BCUT2D eigenvalue weighted by Gasteiger charge is -2.18. The smallest absolute Gasteiger partial charge is 0.133 e. The van der Waals surface area contributed by atoms with Gasteiger partial charge in [-0.25, -0.2) is 0 Å². The van der Waals surface area contributed by atoms with Crippen LogP contribution in [0.15, 0.2) is 40.9 Å². The van der Waals surface area contributed by atoms with Crippen molar-refractivity contribution in [3.05, 3.63) is 62.6 Å². The van der Waals surface area contributed by atoms with Crippen molar-refractivity contribution in [2.45, 2.75) is 19.4 Å². The normalized spacial score (nSPS) is 12.2. The van der Waals surface area contributed by atoms with Gasteiger partial charge in [0.15, 0.2) is 0 Å². The summed E-state index contributed by atoms with van der Waals surface area (Å²) in [7, 11) is 1.65. The van der Waals surface area contributed by atoms with Crippen LogP contribution in [0.4, 0.5) is 0 Å². The van der Waals surface area contributed by atoms with Gasteiger partial charge in [0.1, 0.15) is 5.75 Å². The fourth-order valence-corrected chi connectivity index (χ4v) is 2.95. The molecule has 0 fully saturated rings. The summed E-state index contributed by atoms with van der Waals surface area (Å²) in [5.41, 5.74) is 6.14. The molecular weight excluding hydrogens is 352 g/mol. The lowest BCUT2D eigenvalue weighted by Crippen LogP contribution is -2.29. The van der Waals surface area contributed by atoms with Crippen molar-refractivity contribution in [2.24, 2.45) is 5.84 Å². The van der Waals surface area contributed by atoms with Gasteiger partial charge in [-0.05, 0) is 64.2 Å². The molecule has 0 aromatic heterocycles. The zero-order valence-corrected chi connectivity index (χ0v) is 14.3. The summed E-state index contributed by atoms with van der Waals surface area (Å²) >= 11 is 9.69. The number of nitrogens with two attached hydrogens (primary N) is 1. The molecule has 0 saturated carbocycles. The molecule has 0 spiro atoms. The summed E-state index contributed by atoms with van der Waals surface area (Å²) in [6.07, 6.45) is 0.762. The Morgan fingerprint density at radius 1 is 1.29 bits per heavy atom. The molecule has 2 aromatic carbocycles. The highest BCUT2D eigenvalue weighted by Gasteiger charge is 2.13. The molecule has 0 aliphatic heterocycles. The van der Waals surface area contributed by atoms with Crippen LogP contribution in [-0.4, -0.2) is 7.11 Å². The van der Waals surface area contributed by atoms with Gasteiger partial charge in [0.25, 0.3) is 0 Å². The van der Waals surface area contributed by atoms with Crippen LogP contribution in [0.2, 0.25) is 5.02 Å². The van der Waals surface area contributed by atoms with Gasteiger partial charge in [0, 0.05) is 5.02 Å². The molecule has 5 heteroatoms.